The van der Waals surface area contributed by atoms with E-state index in [0.29, 0.717) is 25.5 Å². The van der Waals surface area contributed by atoms with Crippen LogP contribution in [-0.4, -0.2) is 31.4 Å². The van der Waals surface area contributed by atoms with Crippen molar-refractivity contribution in [3.8, 4) is 11.5 Å². The Kier molecular flexibility index (Phi) is 7.88. The van der Waals surface area contributed by atoms with Crippen LogP contribution in [0.1, 0.15) is 6.92 Å². The van der Waals surface area contributed by atoms with Crippen LogP contribution in [0, 0.1) is 5.82 Å². The van der Waals surface area contributed by atoms with Gasteiger partial charge in [-0.15, -0.1) is 11.8 Å². The lowest BCUT2D eigenvalue weighted by Gasteiger charge is -2.09. The maximum atomic E-state index is 13.1. The SMILES string of the molecule is CCOc1ccc(OCCNC(=O)CSc2ccc(F)c(Cl)c2)cc1. The summed E-state index contributed by atoms with van der Waals surface area (Å²) >= 11 is 7.00. The van der Waals surface area contributed by atoms with Crippen LogP contribution in [0.5, 0.6) is 11.5 Å². The first-order valence-electron chi connectivity index (χ1n) is 7.78. The highest BCUT2D eigenvalue weighted by atomic mass is 35.5. The third-order valence-electron chi connectivity index (χ3n) is 3.09. The molecule has 7 heteroatoms. The highest BCUT2D eigenvalue weighted by Gasteiger charge is 2.05. The van der Waals surface area contributed by atoms with E-state index in [4.69, 9.17) is 21.1 Å². The third-order valence-corrected chi connectivity index (χ3v) is 4.37. The minimum Gasteiger partial charge on any atom is -0.494 e. The molecule has 0 bridgehead atoms. The number of hydrogen-bond donors (Lipinski definition) is 1. The van der Waals surface area contributed by atoms with Crippen molar-refractivity contribution in [2.75, 3.05) is 25.5 Å². The molecule has 2 aromatic carbocycles. The molecule has 0 radical (unpaired) electrons. The molecule has 0 heterocycles. The van der Waals surface area contributed by atoms with Crippen LogP contribution < -0.4 is 14.8 Å². The molecule has 0 aliphatic heterocycles. The molecule has 2 rings (SSSR count). The Morgan fingerprint density at radius 2 is 1.84 bits per heavy atom. The monoisotopic (exact) mass is 383 g/mol. The second kappa shape index (κ2) is 10.2. The molecule has 25 heavy (non-hydrogen) atoms. The van der Waals surface area contributed by atoms with Gasteiger partial charge in [-0.1, -0.05) is 11.6 Å². The van der Waals surface area contributed by atoms with E-state index in [-0.39, 0.29) is 16.7 Å². The molecule has 0 saturated carbocycles. The molecule has 0 aromatic heterocycles. The molecule has 0 atom stereocenters. The van der Waals surface area contributed by atoms with Crippen molar-refractivity contribution < 1.29 is 18.7 Å². The topological polar surface area (TPSA) is 47.6 Å². The van der Waals surface area contributed by atoms with E-state index >= 15 is 0 Å². The van der Waals surface area contributed by atoms with E-state index in [0.717, 1.165) is 10.6 Å². The molecule has 0 fully saturated rings. The number of ether oxygens (including phenoxy) is 2. The predicted molar refractivity (Wildman–Crippen MR) is 98.2 cm³/mol. The molecular weight excluding hydrogens is 365 g/mol. The fourth-order valence-electron chi connectivity index (χ4n) is 1.92. The Morgan fingerprint density at radius 3 is 2.48 bits per heavy atom. The van der Waals surface area contributed by atoms with Crippen molar-refractivity contribution in [2.24, 2.45) is 0 Å². The van der Waals surface area contributed by atoms with E-state index in [9.17, 15) is 9.18 Å². The van der Waals surface area contributed by atoms with Crippen LogP contribution in [-0.2, 0) is 4.79 Å². The van der Waals surface area contributed by atoms with Gasteiger partial charge in [0, 0.05) is 4.90 Å². The number of nitrogens with one attached hydrogen (secondary N) is 1. The van der Waals surface area contributed by atoms with Crippen LogP contribution in [0.3, 0.4) is 0 Å². The first kappa shape index (κ1) is 19.4. The average molecular weight is 384 g/mol. The zero-order valence-corrected chi connectivity index (χ0v) is 15.3. The number of hydrogen-bond acceptors (Lipinski definition) is 4. The Hall–Kier alpha value is -1.92. The van der Waals surface area contributed by atoms with Gasteiger partial charge in [-0.3, -0.25) is 4.79 Å². The zero-order chi connectivity index (χ0) is 18.1. The number of rotatable bonds is 9. The number of benzene rings is 2. The van der Waals surface area contributed by atoms with Crippen molar-refractivity contribution in [2.45, 2.75) is 11.8 Å². The van der Waals surface area contributed by atoms with Gasteiger partial charge >= 0.3 is 0 Å². The highest BCUT2D eigenvalue weighted by molar-refractivity contribution is 8.00. The van der Waals surface area contributed by atoms with Gasteiger partial charge < -0.3 is 14.8 Å². The molecule has 0 unspecified atom stereocenters. The van der Waals surface area contributed by atoms with Gasteiger partial charge in [0.2, 0.25) is 5.91 Å². The summed E-state index contributed by atoms with van der Waals surface area (Å²) in [5.41, 5.74) is 0. The summed E-state index contributed by atoms with van der Waals surface area (Å²) in [5.74, 6) is 1.14. The lowest BCUT2D eigenvalue weighted by Crippen LogP contribution is -2.29. The minimum atomic E-state index is -0.470. The lowest BCUT2D eigenvalue weighted by atomic mass is 10.3. The summed E-state index contributed by atoms with van der Waals surface area (Å²) in [6.45, 7) is 3.31. The summed E-state index contributed by atoms with van der Waals surface area (Å²) in [7, 11) is 0. The van der Waals surface area contributed by atoms with Gasteiger partial charge in [-0.25, -0.2) is 4.39 Å². The van der Waals surface area contributed by atoms with Crippen molar-refractivity contribution >= 4 is 29.3 Å². The van der Waals surface area contributed by atoms with E-state index in [1.165, 1.54) is 23.9 Å². The quantitative estimate of drug-likeness (QED) is 0.521. The third kappa shape index (κ3) is 6.84. The molecular formula is C18H19ClFNO3S. The Morgan fingerprint density at radius 1 is 1.16 bits per heavy atom. The van der Waals surface area contributed by atoms with E-state index in [1.54, 1.807) is 6.07 Å². The fraction of sp³-hybridized carbons (Fsp3) is 0.278. The average Bonchev–Trinajstić information content (AvgIpc) is 2.61. The van der Waals surface area contributed by atoms with Gasteiger partial charge in [0.25, 0.3) is 0 Å². The predicted octanol–water partition coefficient (Wildman–Crippen LogP) is 4.17. The maximum Gasteiger partial charge on any atom is 0.230 e. The van der Waals surface area contributed by atoms with Crippen LogP contribution >= 0.6 is 23.4 Å². The largest absolute Gasteiger partial charge is 0.494 e. The molecule has 2 aromatic rings. The Bertz CT molecular complexity index is 697. The summed E-state index contributed by atoms with van der Waals surface area (Å²) < 4.78 is 24.0. The molecule has 1 amide bonds. The molecule has 0 aliphatic carbocycles. The van der Waals surface area contributed by atoms with Crippen LogP contribution in [0.25, 0.3) is 0 Å². The van der Waals surface area contributed by atoms with Crippen LogP contribution in [0.15, 0.2) is 47.4 Å². The van der Waals surface area contributed by atoms with Crippen LogP contribution in [0.4, 0.5) is 4.39 Å². The molecule has 4 nitrogen and oxygen atoms in total. The number of carbonyl (C=O) groups excluding carboxylic acids is 1. The number of halogens is 2. The van der Waals surface area contributed by atoms with Crippen molar-refractivity contribution in [1.82, 2.24) is 5.32 Å². The number of carbonyl (C=O) groups is 1. The minimum absolute atomic E-state index is 0.0502. The van der Waals surface area contributed by atoms with Gasteiger partial charge in [0.1, 0.15) is 23.9 Å². The fourth-order valence-corrected chi connectivity index (χ4v) is 2.94. The second-order valence-corrected chi connectivity index (χ2v) is 6.42. The number of amides is 1. The normalized spacial score (nSPS) is 10.4. The van der Waals surface area contributed by atoms with E-state index in [1.807, 2.05) is 31.2 Å². The standard InChI is InChI=1S/C18H19ClFNO3S/c1-2-23-13-3-5-14(6-4-13)24-10-9-21-18(22)12-25-15-7-8-17(20)16(19)11-15/h3-8,11H,2,9-10,12H2,1H3,(H,21,22). The van der Waals surface area contributed by atoms with E-state index < -0.39 is 5.82 Å². The zero-order valence-electron chi connectivity index (χ0n) is 13.8. The first-order valence-corrected chi connectivity index (χ1v) is 9.15. The van der Waals surface area contributed by atoms with Gasteiger partial charge in [-0.2, -0.15) is 0 Å². The van der Waals surface area contributed by atoms with Gasteiger partial charge in [-0.05, 0) is 49.4 Å². The summed E-state index contributed by atoms with van der Waals surface area (Å²) in [4.78, 5) is 12.5. The molecule has 1 N–H and O–H groups in total. The molecule has 0 saturated heterocycles. The van der Waals surface area contributed by atoms with Crippen molar-refractivity contribution in [3.05, 3.63) is 53.3 Å². The van der Waals surface area contributed by atoms with Crippen molar-refractivity contribution in [3.63, 3.8) is 0 Å². The van der Waals surface area contributed by atoms with E-state index in [2.05, 4.69) is 5.32 Å². The maximum absolute atomic E-state index is 13.1. The molecule has 0 spiro atoms. The Labute approximate surface area is 155 Å². The second-order valence-electron chi connectivity index (χ2n) is 4.97. The van der Waals surface area contributed by atoms with Crippen LogP contribution in [0.2, 0.25) is 5.02 Å². The van der Waals surface area contributed by atoms with Crippen molar-refractivity contribution in [1.29, 1.82) is 0 Å². The summed E-state index contributed by atoms with van der Waals surface area (Å²) in [6.07, 6.45) is 0. The number of thioether (sulfide) groups is 1. The highest BCUT2D eigenvalue weighted by Crippen LogP contribution is 2.23. The molecule has 134 valence electrons. The summed E-state index contributed by atoms with van der Waals surface area (Å²) in [6, 6.07) is 11.7. The first-order chi connectivity index (χ1) is 12.1. The molecule has 0 aliphatic rings. The Balaban J connectivity index is 1.64. The van der Waals surface area contributed by atoms with Gasteiger partial charge in [0.15, 0.2) is 0 Å². The summed E-state index contributed by atoms with van der Waals surface area (Å²) in [5, 5.41) is 2.81. The van der Waals surface area contributed by atoms with Gasteiger partial charge in [0.05, 0.1) is 23.9 Å². The lowest BCUT2D eigenvalue weighted by molar-refractivity contribution is -0.118. The smallest absolute Gasteiger partial charge is 0.230 e.